The molecule has 21 heavy (non-hydrogen) atoms. The molecule has 1 unspecified atom stereocenters. The van der Waals surface area contributed by atoms with Crippen LogP contribution in [0.2, 0.25) is 0 Å². The second kappa shape index (κ2) is 6.41. The molecular formula is C17H24N2OS. The molecule has 1 atom stereocenters. The average molecular weight is 304 g/mol. The van der Waals surface area contributed by atoms with E-state index in [9.17, 15) is 4.79 Å². The van der Waals surface area contributed by atoms with Crippen molar-refractivity contribution in [2.24, 2.45) is 5.41 Å². The van der Waals surface area contributed by atoms with Gasteiger partial charge in [-0.2, -0.15) is 0 Å². The number of rotatable bonds is 4. The molecule has 1 aromatic rings. The predicted octanol–water partition coefficient (Wildman–Crippen LogP) is 3.66. The van der Waals surface area contributed by atoms with Gasteiger partial charge >= 0.3 is 0 Å². The van der Waals surface area contributed by atoms with Crippen LogP contribution in [0.15, 0.2) is 29.2 Å². The van der Waals surface area contributed by atoms with Gasteiger partial charge in [0.25, 0.3) is 0 Å². The fourth-order valence-corrected chi connectivity index (χ4v) is 4.36. The van der Waals surface area contributed by atoms with Gasteiger partial charge in [0.05, 0.1) is 5.41 Å². The molecule has 2 fully saturated rings. The first-order valence-corrected chi connectivity index (χ1v) is 8.83. The van der Waals surface area contributed by atoms with Crippen molar-refractivity contribution in [1.29, 1.82) is 0 Å². The van der Waals surface area contributed by atoms with Crippen molar-refractivity contribution in [1.82, 2.24) is 5.32 Å². The molecule has 3 nitrogen and oxygen atoms in total. The second-order valence-corrected chi connectivity index (χ2v) is 7.86. The molecule has 1 heterocycles. The largest absolute Gasteiger partial charge is 0.326 e. The molecule has 1 saturated carbocycles. The maximum Gasteiger partial charge on any atom is 0.231 e. The van der Waals surface area contributed by atoms with Gasteiger partial charge in [0.1, 0.15) is 0 Å². The summed E-state index contributed by atoms with van der Waals surface area (Å²) in [6.07, 6.45) is 6.34. The Labute approximate surface area is 131 Å². The summed E-state index contributed by atoms with van der Waals surface area (Å²) in [5.41, 5.74) is 0.640. The van der Waals surface area contributed by atoms with Crippen LogP contribution in [0.4, 0.5) is 5.69 Å². The number of hydrogen-bond acceptors (Lipinski definition) is 3. The summed E-state index contributed by atoms with van der Waals surface area (Å²) >= 11 is 1.98. The van der Waals surface area contributed by atoms with Crippen molar-refractivity contribution in [2.75, 3.05) is 18.4 Å². The summed E-state index contributed by atoms with van der Waals surface area (Å²) in [6, 6.07) is 8.32. The van der Waals surface area contributed by atoms with Gasteiger partial charge in [-0.15, -0.1) is 11.8 Å². The molecule has 3 rings (SSSR count). The van der Waals surface area contributed by atoms with E-state index in [0.29, 0.717) is 0 Å². The molecule has 0 spiro atoms. The Morgan fingerprint density at radius 1 is 1.29 bits per heavy atom. The molecule has 2 aliphatic rings. The van der Waals surface area contributed by atoms with E-state index in [0.717, 1.165) is 30.4 Å². The van der Waals surface area contributed by atoms with Crippen molar-refractivity contribution in [3.8, 4) is 0 Å². The lowest BCUT2D eigenvalue weighted by molar-refractivity contribution is -0.123. The summed E-state index contributed by atoms with van der Waals surface area (Å²) in [4.78, 5) is 13.7. The summed E-state index contributed by atoms with van der Waals surface area (Å²) in [5.74, 6) is 0.128. The third-order valence-corrected chi connectivity index (χ3v) is 5.98. The zero-order valence-electron chi connectivity index (χ0n) is 12.7. The minimum Gasteiger partial charge on any atom is -0.326 e. The SMILES string of the molecule is CC1(C(=O)Nc2ccc(SC3CCCC3)cc2)CCNC1. The highest BCUT2D eigenvalue weighted by molar-refractivity contribution is 8.00. The number of carbonyl (C=O) groups excluding carboxylic acids is 1. The highest BCUT2D eigenvalue weighted by Gasteiger charge is 2.36. The maximum absolute atomic E-state index is 12.3. The number of anilines is 1. The van der Waals surface area contributed by atoms with Crippen LogP contribution in [0.25, 0.3) is 0 Å². The van der Waals surface area contributed by atoms with Crippen LogP contribution in [-0.4, -0.2) is 24.2 Å². The Kier molecular flexibility index (Phi) is 4.55. The Bertz CT molecular complexity index is 488. The molecule has 1 aromatic carbocycles. The molecule has 114 valence electrons. The zero-order valence-corrected chi connectivity index (χ0v) is 13.5. The molecule has 0 bridgehead atoms. The van der Waals surface area contributed by atoms with E-state index in [1.165, 1.54) is 30.6 Å². The van der Waals surface area contributed by atoms with Crippen LogP contribution in [0.3, 0.4) is 0 Å². The van der Waals surface area contributed by atoms with Gasteiger partial charge < -0.3 is 10.6 Å². The topological polar surface area (TPSA) is 41.1 Å². The summed E-state index contributed by atoms with van der Waals surface area (Å²) in [5, 5.41) is 7.11. The molecule has 2 N–H and O–H groups in total. The van der Waals surface area contributed by atoms with E-state index in [4.69, 9.17) is 0 Å². The van der Waals surface area contributed by atoms with E-state index in [-0.39, 0.29) is 11.3 Å². The molecule has 1 aliphatic heterocycles. The lowest BCUT2D eigenvalue weighted by Crippen LogP contribution is -2.35. The minimum atomic E-state index is -0.267. The number of amides is 1. The molecule has 1 aliphatic carbocycles. The smallest absolute Gasteiger partial charge is 0.231 e. The van der Waals surface area contributed by atoms with Gasteiger partial charge in [0.2, 0.25) is 5.91 Å². The third kappa shape index (κ3) is 3.61. The molecular weight excluding hydrogens is 280 g/mol. The molecule has 4 heteroatoms. The second-order valence-electron chi connectivity index (χ2n) is 6.49. The van der Waals surface area contributed by atoms with Gasteiger partial charge in [-0.1, -0.05) is 12.8 Å². The fourth-order valence-electron chi connectivity index (χ4n) is 3.11. The highest BCUT2D eigenvalue weighted by atomic mass is 32.2. The summed E-state index contributed by atoms with van der Waals surface area (Å²) < 4.78 is 0. The number of benzene rings is 1. The first-order chi connectivity index (χ1) is 10.2. The van der Waals surface area contributed by atoms with Crippen LogP contribution in [0.5, 0.6) is 0 Å². The Hall–Kier alpha value is -1.00. The van der Waals surface area contributed by atoms with Crippen molar-refractivity contribution < 1.29 is 4.79 Å². The standard InChI is InChI=1S/C17H24N2OS/c1-17(10-11-18-12-17)16(20)19-13-6-8-15(9-7-13)21-14-4-2-3-5-14/h6-9,14,18H,2-5,10-12H2,1H3,(H,19,20). The van der Waals surface area contributed by atoms with Gasteiger partial charge in [0, 0.05) is 22.4 Å². The zero-order chi connectivity index (χ0) is 14.7. The quantitative estimate of drug-likeness (QED) is 0.892. The maximum atomic E-state index is 12.3. The van der Waals surface area contributed by atoms with Gasteiger partial charge in [-0.3, -0.25) is 4.79 Å². The van der Waals surface area contributed by atoms with E-state index in [2.05, 4.69) is 22.8 Å². The van der Waals surface area contributed by atoms with E-state index >= 15 is 0 Å². The monoisotopic (exact) mass is 304 g/mol. The van der Waals surface area contributed by atoms with Crippen LogP contribution in [-0.2, 0) is 4.79 Å². The summed E-state index contributed by atoms with van der Waals surface area (Å²) in [7, 11) is 0. The number of thioether (sulfide) groups is 1. The number of nitrogens with one attached hydrogen (secondary N) is 2. The third-order valence-electron chi connectivity index (χ3n) is 4.63. The normalized spacial score (nSPS) is 26.1. The van der Waals surface area contributed by atoms with Crippen LogP contribution >= 0.6 is 11.8 Å². The van der Waals surface area contributed by atoms with Gasteiger partial charge in [0.15, 0.2) is 0 Å². The number of hydrogen-bond donors (Lipinski definition) is 2. The minimum absolute atomic E-state index is 0.128. The lowest BCUT2D eigenvalue weighted by atomic mass is 9.89. The van der Waals surface area contributed by atoms with Crippen molar-refractivity contribution in [2.45, 2.75) is 49.2 Å². The molecule has 0 aromatic heterocycles. The Morgan fingerprint density at radius 3 is 2.62 bits per heavy atom. The van der Waals surface area contributed by atoms with Gasteiger partial charge in [-0.05, 0) is 57.0 Å². The van der Waals surface area contributed by atoms with E-state index in [1.807, 2.05) is 30.8 Å². The highest BCUT2D eigenvalue weighted by Crippen LogP contribution is 2.35. The first-order valence-electron chi connectivity index (χ1n) is 7.95. The Morgan fingerprint density at radius 2 is 2.00 bits per heavy atom. The van der Waals surface area contributed by atoms with Crippen LogP contribution in [0, 0.1) is 5.41 Å². The molecule has 0 radical (unpaired) electrons. The molecule has 1 amide bonds. The first kappa shape index (κ1) is 14.9. The van der Waals surface area contributed by atoms with E-state index in [1.54, 1.807) is 0 Å². The number of carbonyl (C=O) groups is 1. The van der Waals surface area contributed by atoms with E-state index < -0.39 is 0 Å². The van der Waals surface area contributed by atoms with Crippen molar-refractivity contribution >= 4 is 23.4 Å². The molecule has 1 saturated heterocycles. The van der Waals surface area contributed by atoms with Crippen molar-refractivity contribution in [3.05, 3.63) is 24.3 Å². The average Bonchev–Trinajstić information content (AvgIpc) is 3.13. The van der Waals surface area contributed by atoms with Crippen LogP contribution < -0.4 is 10.6 Å². The van der Waals surface area contributed by atoms with Gasteiger partial charge in [-0.25, -0.2) is 0 Å². The fraction of sp³-hybridized carbons (Fsp3) is 0.588. The lowest BCUT2D eigenvalue weighted by Gasteiger charge is -2.21. The predicted molar refractivity (Wildman–Crippen MR) is 88.8 cm³/mol. The van der Waals surface area contributed by atoms with Crippen LogP contribution in [0.1, 0.15) is 39.0 Å². The summed E-state index contributed by atoms with van der Waals surface area (Å²) in [6.45, 7) is 3.74. The Balaban J connectivity index is 1.57. The van der Waals surface area contributed by atoms with Crippen molar-refractivity contribution in [3.63, 3.8) is 0 Å².